The summed E-state index contributed by atoms with van der Waals surface area (Å²) in [6.45, 7) is 0.0917. The van der Waals surface area contributed by atoms with E-state index in [1.807, 2.05) is 0 Å². The van der Waals surface area contributed by atoms with Crippen molar-refractivity contribution in [1.82, 2.24) is 0 Å². The van der Waals surface area contributed by atoms with Gasteiger partial charge in [0, 0.05) is 33.1 Å². The van der Waals surface area contributed by atoms with Gasteiger partial charge in [-0.15, -0.1) is 0 Å². The molecule has 2 atom stereocenters. The zero-order valence-electron chi connectivity index (χ0n) is 10.9. The lowest BCUT2D eigenvalue weighted by atomic mass is 9.89. The molecule has 112 valence electrons. The van der Waals surface area contributed by atoms with Crippen molar-refractivity contribution in [2.75, 3.05) is 6.54 Å². The van der Waals surface area contributed by atoms with Crippen LogP contribution in [-0.2, 0) is 0 Å². The van der Waals surface area contributed by atoms with Crippen molar-refractivity contribution in [2.45, 2.75) is 12.0 Å². The van der Waals surface area contributed by atoms with Crippen LogP contribution in [0.25, 0.3) is 0 Å². The molecule has 0 aliphatic rings. The smallest absolute Gasteiger partial charge is 0.129 e. The zero-order valence-corrected chi connectivity index (χ0v) is 13.1. The van der Waals surface area contributed by atoms with Gasteiger partial charge in [-0.05, 0) is 35.9 Å². The molecule has 0 radical (unpaired) electrons. The fraction of sp³-hybridized carbons (Fsp3) is 0.200. The van der Waals surface area contributed by atoms with Gasteiger partial charge in [-0.25, -0.2) is 4.39 Å². The van der Waals surface area contributed by atoms with Gasteiger partial charge in [0.15, 0.2) is 0 Å². The second kappa shape index (κ2) is 6.95. The first kappa shape index (κ1) is 16.5. The molecule has 21 heavy (non-hydrogen) atoms. The quantitative estimate of drug-likeness (QED) is 0.850. The Labute approximate surface area is 137 Å². The molecular weight excluding hydrogens is 336 g/mol. The summed E-state index contributed by atoms with van der Waals surface area (Å²) in [6.07, 6.45) is -1.16. The molecule has 2 unspecified atom stereocenters. The third-order valence-corrected chi connectivity index (χ3v) is 4.07. The van der Waals surface area contributed by atoms with Crippen molar-refractivity contribution in [3.05, 3.63) is 68.4 Å². The molecule has 2 aromatic rings. The summed E-state index contributed by atoms with van der Waals surface area (Å²) in [5, 5.41) is 11.6. The Morgan fingerprint density at radius 3 is 2.24 bits per heavy atom. The fourth-order valence-corrected chi connectivity index (χ4v) is 2.92. The van der Waals surface area contributed by atoms with Crippen LogP contribution >= 0.6 is 34.8 Å². The Bertz CT molecular complexity index is 651. The van der Waals surface area contributed by atoms with Gasteiger partial charge in [-0.3, -0.25) is 0 Å². The predicted octanol–water partition coefficient (Wildman–Crippen LogP) is 4.56. The van der Waals surface area contributed by atoms with E-state index in [9.17, 15) is 9.50 Å². The normalized spacial score (nSPS) is 14.0. The maximum absolute atomic E-state index is 13.9. The lowest BCUT2D eigenvalue weighted by Gasteiger charge is -2.24. The van der Waals surface area contributed by atoms with Crippen molar-refractivity contribution >= 4 is 34.8 Å². The highest BCUT2D eigenvalue weighted by atomic mass is 35.5. The minimum atomic E-state index is -1.16. The summed E-state index contributed by atoms with van der Waals surface area (Å²) in [6, 6.07) is 8.88. The molecule has 6 heteroatoms. The van der Waals surface area contributed by atoms with Gasteiger partial charge in [0.05, 0.1) is 6.10 Å². The molecule has 2 rings (SSSR count). The molecule has 0 aromatic heterocycles. The van der Waals surface area contributed by atoms with Crippen molar-refractivity contribution < 1.29 is 9.50 Å². The number of nitrogens with two attached hydrogens (primary N) is 1. The summed E-state index contributed by atoms with van der Waals surface area (Å²) in [5.74, 6) is -1.11. The van der Waals surface area contributed by atoms with Gasteiger partial charge < -0.3 is 10.8 Å². The molecule has 2 nitrogen and oxygen atoms in total. The Hall–Kier alpha value is -0.840. The first-order valence-electron chi connectivity index (χ1n) is 6.22. The van der Waals surface area contributed by atoms with Gasteiger partial charge in [-0.2, -0.15) is 0 Å². The molecule has 2 aromatic carbocycles. The van der Waals surface area contributed by atoms with Gasteiger partial charge in [0.1, 0.15) is 5.82 Å². The Morgan fingerprint density at radius 1 is 1.00 bits per heavy atom. The summed E-state index contributed by atoms with van der Waals surface area (Å²) in [7, 11) is 0. The zero-order chi connectivity index (χ0) is 15.6. The molecule has 0 aliphatic heterocycles. The standard InChI is InChI=1S/C15H13Cl3FNO/c16-8-2-4-14(19)11(5-8)15(21)12(7-20)10-3-1-9(17)6-13(10)18/h1-6,12,15,21H,7,20H2. The van der Waals surface area contributed by atoms with Gasteiger partial charge >= 0.3 is 0 Å². The average Bonchev–Trinajstić information content (AvgIpc) is 2.44. The van der Waals surface area contributed by atoms with Crippen LogP contribution in [-0.4, -0.2) is 11.7 Å². The molecule has 0 saturated heterocycles. The van der Waals surface area contributed by atoms with Crippen molar-refractivity contribution in [2.24, 2.45) is 5.73 Å². The second-order valence-electron chi connectivity index (χ2n) is 4.62. The molecule has 0 fully saturated rings. The highest BCUT2D eigenvalue weighted by molar-refractivity contribution is 6.35. The number of hydrogen-bond donors (Lipinski definition) is 2. The maximum atomic E-state index is 13.9. The van der Waals surface area contributed by atoms with E-state index in [4.69, 9.17) is 40.5 Å². The van der Waals surface area contributed by atoms with E-state index in [0.29, 0.717) is 20.6 Å². The first-order valence-corrected chi connectivity index (χ1v) is 7.35. The number of aliphatic hydroxyl groups is 1. The van der Waals surface area contributed by atoms with Gasteiger partial charge in [0.25, 0.3) is 0 Å². The Balaban J connectivity index is 2.43. The molecule has 3 N–H and O–H groups in total. The molecule has 0 aliphatic carbocycles. The monoisotopic (exact) mass is 347 g/mol. The van der Waals surface area contributed by atoms with Crippen LogP contribution < -0.4 is 5.73 Å². The lowest BCUT2D eigenvalue weighted by molar-refractivity contribution is 0.143. The van der Waals surface area contributed by atoms with Gasteiger partial charge in [0.2, 0.25) is 0 Å². The third kappa shape index (κ3) is 3.68. The number of hydrogen-bond acceptors (Lipinski definition) is 2. The summed E-state index contributed by atoms with van der Waals surface area (Å²) >= 11 is 17.8. The average molecular weight is 349 g/mol. The first-order chi connectivity index (χ1) is 9.93. The number of rotatable bonds is 4. The third-order valence-electron chi connectivity index (χ3n) is 3.27. The van der Waals surface area contributed by atoms with E-state index in [1.165, 1.54) is 18.2 Å². The molecule has 0 spiro atoms. The van der Waals surface area contributed by atoms with Crippen molar-refractivity contribution in [3.63, 3.8) is 0 Å². The Kier molecular flexibility index (Phi) is 5.47. The van der Waals surface area contributed by atoms with Crippen LogP contribution in [0.1, 0.15) is 23.1 Å². The lowest BCUT2D eigenvalue weighted by Crippen LogP contribution is -2.21. The number of benzene rings is 2. The molecule has 0 amide bonds. The SMILES string of the molecule is NCC(c1ccc(Cl)cc1Cl)C(O)c1cc(Cl)ccc1F. The van der Waals surface area contributed by atoms with Crippen LogP contribution in [0, 0.1) is 5.82 Å². The van der Waals surface area contributed by atoms with Crippen LogP contribution in [0.3, 0.4) is 0 Å². The highest BCUT2D eigenvalue weighted by Gasteiger charge is 2.26. The minimum absolute atomic E-state index is 0.0870. The largest absolute Gasteiger partial charge is 0.388 e. The topological polar surface area (TPSA) is 46.2 Å². The second-order valence-corrected chi connectivity index (χ2v) is 5.90. The van der Waals surface area contributed by atoms with E-state index in [0.717, 1.165) is 0 Å². The van der Waals surface area contributed by atoms with Crippen LogP contribution in [0.5, 0.6) is 0 Å². The highest BCUT2D eigenvalue weighted by Crippen LogP contribution is 2.36. The fourth-order valence-electron chi connectivity index (χ4n) is 2.19. The summed E-state index contributed by atoms with van der Waals surface area (Å²) in [5.41, 5.74) is 6.42. The van der Waals surface area contributed by atoms with Crippen LogP contribution in [0.15, 0.2) is 36.4 Å². The van der Waals surface area contributed by atoms with Gasteiger partial charge in [-0.1, -0.05) is 40.9 Å². The number of aliphatic hydroxyl groups excluding tert-OH is 1. The molecule has 0 saturated carbocycles. The number of halogens is 4. The molecule has 0 heterocycles. The van der Waals surface area contributed by atoms with E-state index in [-0.39, 0.29) is 12.1 Å². The van der Waals surface area contributed by atoms with Crippen LogP contribution in [0.2, 0.25) is 15.1 Å². The van der Waals surface area contributed by atoms with Crippen LogP contribution in [0.4, 0.5) is 4.39 Å². The van der Waals surface area contributed by atoms with Crippen molar-refractivity contribution in [1.29, 1.82) is 0 Å². The molecule has 0 bridgehead atoms. The van der Waals surface area contributed by atoms with E-state index in [2.05, 4.69) is 0 Å². The predicted molar refractivity (Wildman–Crippen MR) is 84.6 cm³/mol. The summed E-state index contributed by atoms with van der Waals surface area (Å²) < 4.78 is 13.9. The Morgan fingerprint density at radius 2 is 1.62 bits per heavy atom. The van der Waals surface area contributed by atoms with E-state index in [1.54, 1.807) is 18.2 Å². The van der Waals surface area contributed by atoms with E-state index < -0.39 is 17.8 Å². The maximum Gasteiger partial charge on any atom is 0.129 e. The summed E-state index contributed by atoms with van der Waals surface area (Å²) in [4.78, 5) is 0. The van der Waals surface area contributed by atoms with Crippen molar-refractivity contribution in [3.8, 4) is 0 Å². The minimum Gasteiger partial charge on any atom is -0.388 e. The molecular formula is C15H13Cl3FNO. The van der Waals surface area contributed by atoms with E-state index >= 15 is 0 Å².